The molecular weight excluding hydrogens is 226 g/mol. The van der Waals surface area contributed by atoms with Gasteiger partial charge >= 0.3 is 0 Å². The monoisotopic (exact) mass is 249 g/mol. The summed E-state index contributed by atoms with van der Waals surface area (Å²) in [6.07, 6.45) is 7.09. The normalized spacial score (nSPS) is 16.4. The van der Waals surface area contributed by atoms with Gasteiger partial charge in [0.1, 0.15) is 17.5 Å². The van der Waals surface area contributed by atoms with Crippen LogP contribution in [0.25, 0.3) is 0 Å². The van der Waals surface area contributed by atoms with Crippen LogP contribution in [0.15, 0.2) is 6.07 Å². The molecule has 0 radical (unpaired) electrons. The van der Waals surface area contributed by atoms with E-state index < -0.39 is 0 Å². The first-order valence-corrected chi connectivity index (χ1v) is 6.93. The lowest BCUT2D eigenvalue weighted by molar-refractivity contribution is 0.726. The van der Waals surface area contributed by atoms with Gasteiger partial charge in [-0.2, -0.15) is 0 Å². The van der Waals surface area contributed by atoms with Crippen LogP contribution in [0, 0.1) is 0 Å². The van der Waals surface area contributed by atoms with Gasteiger partial charge in [0.25, 0.3) is 0 Å². The molecule has 5 heteroatoms. The third kappa shape index (κ3) is 3.32. The van der Waals surface area contributed by atoms with E-state index in [4.69, 9.17) is 5.84 Å². The summed E-state index contributed by atoms with van der Waals surface area (Å²) < 4.78 is 0. The fourth-order valence-corrected chi connectivity index (χ4v) is 2.35. The van der Waals surface area contributed by atoms with Crippen LogP contribution in [0.5, 0.6) is 0 Å². The van der Waals surface area contributed by atoms with Gasteiger partial charge in [-0.3, -0.25) is 0 Å². The maximum Gasteiger partial charge on any atom is 0.145 e. The van der Waals surface area contributed by atoms with Crippen LogP contribution in [0.1, 0.15) is 44.9 Å². The molecule has 1 aliphatic heterocycles. The highest BCUT2D eigenvalue weighted by Gasteiger charge is 2.13. The number of nitrogens with one attached hydrogen (secondary N) is 1. The average Bonchev–Trinajstić information content (AvgIpc) is 2.67. The maximum atomic E-state index is 5.49. The van der Waals surface area contributed by atoms with Crippen molar-refractivity contribution >= 4 is 11.6 Å². The molecule has 18 heavy (non-hydrogen) atoms. The molecule has 0 saturated carbocycles. The Labute approximate surface area is 109 Å². The number of nitrogens with zero attached hydrogens (tertiary/aromatic N) is 3. The van der Waals surface area contributed by atoms with E-state index >= 15 is 0 Å². The van der Waals surface area contributed by atoms with Gasteiger partial charge in [0.2, 0.25) is 0 Å². The first kappa shape index (κ1) is 13.1. The van der Waals surface area contributed by atoms with Crippen molar-refractivity contribution < 1.29 is 0 Å². The highest BCUT2D eigenvalue weighted by Crippen LogP contribution is 2.20. The van der Waals surface area contributed by atoms with Gasteiger partial charge in [0.15, 0.2) is 0 Å². The van der Waals surface area contributed by atoms with Crippen LogP contribution in [0.2, 0.25) is 0 Å². The van der Waals surface area contributed by atoms with E-state index in [2.05, 4.69) is 27.2 Å². The predicted octanol–water partition coefficient (Wildman–Crippen LogP) is 2.10. The smallest absolute Gasteiger partial charge is 0.145 e. The van der Waals surface area contributed by atoms with Crippen molar-refractivity contribution in [2.24, 2.45) is 5.84 Å². The lowest BCUT2D eigenvalue weighted by Gasteiger charge is -2.22. The Morgan fingerprint density at radius 3 is 2.56 bits per heavy atom. The van der Waals surface area contributed by atoms with Crippen molar-refractivity contribution in [1.82, 2.24) is 9.97 Å². The Bertz CT molecular complexity index is 372. The summed E-state index contributed by atoms with van der Waals surface area (Å²) in [7, 11) is 0. The topological polar surface area (TPSA) is 67.1 Å². The van der Waals surface area contributed by atoms with Crippen LogP contribution < -0.4 is 16.2 Å². The number of aryl methyl sites for hydroxylation is 1. The fourth-order valence-electron chi connectivity index (χ4n) is 2.35. The number of rotatable bonds is 4. The molecular formula is C13H23N5. The van der Waals surface area contributed by atoms with Crippen molar-refractivity contribution in [3.8, 4) is 0 Å². The second kappa shape index (κ2) is 6.54. The lowest BCUT2D eigenvalue weighted by atomic mass is 10.2. The second-order valence-corrected chi connectivity index (χ2v) is 4.82. The zero-order valence-corrected chi connectivity index (χ0v) is 11.2. The molecule has 0 amide bonds. The van der Waals surface area contributed by atoms with Crippen LogP contribution >= 0.6 is 0 Å². The Hall–Kier alpha value is -1.36. The third-order valence-electron chi connectivity index (χ3n) is 3.31. The van der Waals surface area contributed by atoms with Crippen molar-refractivity contribution in [1.29, 1.82) is 0 Å². The lowest BCUT2D eigenvalue weighted by Crippen LogP contribution is -2.26. The molecule has 1 aliphatic rings. The Kier molecular flexibility index (Phi) is 4.75. The predicted molar refractivity (Wildman–Crippen MR) is 74.5 cm³/mol. The molecule has 1 aromatic rings. The first-order valence-electron chi connectivity index (χ1n) is 6.93. The zero-order chi connectivity index (χ0) is 12.8. The first-order chi connectivity index (χ1) is 8.83. The molecule has 2 rings (SSSR count). The number of hydrogen-bond donors (Lipinski definition) is 2. The zero-order valence-electron chi connectivity index (χ0n) is 11.2. The summed E-state index contributed by atoms with van der Waals surface area (Å²) in [6, 6.07) is 1.95. The van der Waals surface area contributed by atoms with Crippen LogP contribution in [-0.4, -0.2) is 23.1 Å². The largest absolute Gasteiger partial charge is 0.356 e. The van der Waals surface area contributed by atoms with E-state index in [0.29, 0.717) is 5.82 Å². The molecule has 0 unspecified atom stereocenters. The summed E-state index contributed by atoms with van der Waals surface area (Å²) in [5, 5.41) is 0. The van der Waals surface area contributed by atoms with Gasteiger partial charge in [0, 0.05) is 25.6 Å². The number of nitrogens with two attached hydrogens (primary N) is 1. The van der Waals surface area contributed by atoms with Gasteiger partial charge in [-0.25, -0.2) is 15.8 Å². The fraction of sp³-hybridized carbons (Fsp3) is 0.692. The number of nitrogen functional groups attached to an aromatic ring is 1. The number of aromatic nitrogens is 2. The third-order valence-corrected chi connectivity index (χ3v) is 3.31. The summed E-state index contributed by atoms with van der Waals surface area (Å²) in [5.74, 6) is 8.10. The van der Waals surface area contributed by atoms with Gasteiger partial charge < -0.3 is 10.3 Å². The number of hydrazine groups is 1. The standard InChI is InChI=1S/C13H23N5/c1-2-7-11-15-12(17-14)10-13(16-11)18-8-5-3-4-6-9-18/h10H,2-9,14H2,1H3,(H,15,16,17). The second-order valence-electron chi connectivity index (χ2n) is 4.82. The van der Waals surface area contributed by atoms with Crippen LogP contribution in [0.4, 0.5) is 11.6 Å². The van der Waals surface area contributed by atoms with E-state index in [1.165, 1.54) is 25.7 Å². The van der Waals surface area contributed by atoms with Gasteiger partial charge in [-0.05, 0) is 19.3 Å². The quantitative estimate of drug-likeness (QED) is 0.632. The minimum atomic E-state index is 0.715. The molecule has 3 N–H and O–H groups in total. The average molecular weight is 249 g/mol. The number of anilines is 2. The van der Waals surface area contributed by atoms with Crippen LogP contribution in [0.3, 0.4) is 0 Å². The summed E-state index contributed by atoms with van der Waals surface area (Å²) in [6.45, 7) is 4.32. The van der Waals surface area contributed by atoms with E-state index in [1.807, 2.05) is 6.07 Å². The molecule has 0 spiro atoms. The summed E-state index contributed by atoms with van der Waals surface area (Å²) >= 11 is 0. The highest BCUT2D eigenvalue weighted by atomic mass is 15.3. The maximum absolute atomic E-state index is 5.49. The number of hydrogen-bond acceptors (Lipinski definition) is 5. The van der Waals surface area contributed by atoms with E-state index in [-0.39, 0.29) is 0 Å². The molecule has 0 atom stereocenters. The van der Waals surface area contributed by atoms with Crippen molar-refractivity contribution in [3.63, 3.8) is 0 Å². The molecule has 0 aliphatic carbocycles. The highest BCUT2D eigenvalue weighted by molar-refractivity contribution is 5.49. The molecule has 0 aromatic carbocycles. The molecule has 0 bridgehead atoms. The van der Waals surface area contributed by atoms with Gasteiger partial charge in [-0.15, -0.1) is 0 Å². The molecule has 2 heterocycles. The Morgan fingerprint density at radius 2 is 1.94 bits per heavy atom. The van der Waals surface area contributed by atoms with Gasteiger partial charge in [-0.1, -0.05) is 19.8 Å². The van der Waals surface area contributed by atoms with Crippen molar-refractivity contribution in [3.05, 3.63) is 11.9 Å². The summed E-state index contributed by atoms with van der Waals surface area (Å²) in [5.41, 5.74) is 2.64. The Balaban J connectivity index is 2.21. The summed E-state index contributed by atoms with van der Waals surface area (Å²) in [4.78, 5) is 11.4. The molecule has 1 aromatic heterocycles. The van der Waals surface area contributed by atoms with E-state index in [1.54, 1.807) is 0 Å². The van der Waals surface area contributed by atoms with Crippen molar-refractivity contribution in [2.45, 2.75) is 45.4 Å². The van der Waals surface area contributed by atoms with Gasteiger partial charge in [0.05, 0.1) is 0 Å². The van der Waals surface area contributed by atoms with E-state index in [9.17, 15) is 0 Å². The van der Waals surface area contributed by atoms with E-state index in [0.717, 1.165) is 37.6 Å². The van der Waals surface area contributed by atoms with Crippen LogP contribution in [-0.2, 0) is 6.42 Å². The van der Waals surface area contributed by atoms with Crippen molar-refractivity contribution in [2.75, 3.05) is 23.4 Å². The molecule has 1 saturated heterocycles. The molecule has 1 fully saturated rings. The minimum absolute atomic E-state index is 0.715. The Morgan fingerprint density at radius 1 is 1.22 bits per heavy atom. The molecule has 5 nitrogen and oxygen atoms in total. The minimum Gasteiger partial charge on any atom is -0.356 e. The SMILES string of the molecule is CCCc1nc(NN)cc(N2CCCCCC2)n1. The molecule has 100 valence electrons.